The molecule has 0 aliphatic rings. The minimum absolute atomic E-state index is 0.0813. The van der Waals surface area contributed by atoms with Gasteiger partial charge in [0.2, 0.25) is 10.0 Å². The van der Waals surface area contributed by atoms with E-state index in [2.05, 4.69) is 0 Å². The third-order valence-corrected chi connectivity index (χ3v) is 5.27. The Morgan fingerprint density at radius 3 is 1.88 bits per heavy atom. The molecule has 0 aromatic heterocycles. The van der Waals surface area contributed by atoms with Crippen LogP contribution in [0.3, 0.4) is 0 Å². The van der Waals surface area contributed by atoms with Crippen molar-refractivity contribution in [1.29, 1.82) is 0 Å². The van der Waals surface area contributed by atoms with Crippen LogP contribution in [0.25, 0.3) is 0 Å². The van der Waals surface area contributed by atoms with Crippen LogP contribution in [0.1, 0.15) is 27.6 Å². The molecule has 0 radical (unpaired) electrons. The standard InChI is InChI=1S/C18H19NO6S/c1-4-24-17(20)13-5-9-15(10-6-13)25-18(21)14-7-11-16(12-8-14)26(22,23)19(2)3/h5-12H,4H2,1-3H3. The average Bonchev–Trinajstić information content (AvgIpc) is 2.62. The molecule has 0 aliphatic carbocycles. The summed E-state index contributed by atoms with van der Waals surface area (Å²) in [6.45, 7) is 1.98. The van der Waals surface area contributed by atoms with Crippen molar-refractivity contribution in [3.63, 3.8) is 0 Å². The zero-order chi connectivity index (χ0) is 19.3. The zero-order valence-corrected chi connectivity index (χ0v) is 15.4. The number of hydrogen-bond donors (Lipinski definition) is 0. The molecule has 2 aromatic rings. The van der Waals surface area contributed by atoms with Crippen molar-refractivity contribution < 1.29 is 27.5 Å². The third-order valence-electron chi connectivity index (χ3n) is 3.44. The lowest BCUT2D eigenvalue weighted by Gasteiger charge is -2.11. The molecule has 0 N–H and O–H groups in total. The number of carbonyl (C=O) groups is 2. The Hall–Kier alpha value is -2.71. The van der Waals surface area contributed by atoms with Crippen molar-refractivity contribution in [2.75, 3.05) is 20.7 Å². The molecule has 0 heterocycles. The Labute approximate surface area is 152 Å². The van der Waals surface area contributed by atoms with Crippen LogP contribution in [0.15, 0.2) is 53.4 Å². The van der Waals surface area contributed by atoms with E-state index in [1.807, 2.05) is 0 Å². The van der Waals surface area contributed by atoms with Crippen LogP contribution in [0.5, 0.6) is 5.75 Å². The summed E-state index contributed by atoms with van der Waals surface area (Å²) in [5, 5.41) is 0. The molecule has 0 amide bonds. The number of rotatable bonds is 6. The summed E-state index contributed by atoms with van der Waals surface area (Å²) in [5.74, 6) is -0.834. The molecule has 2 aromatic carbocycles. The van der Waals surface area contributed by atoms with Crippen LogP contribution in [0, 0.1) is 0 Å². The van der Waals surface area contributed by atoms with Gasteiger partial charge in [0.1, 0.15) is 5.75 Å². The van der Waals surface area contributed by atoms with E-state index in [1.165, 1.54) is 62.6 Å². The highest BCUT2D eigenvalue weighted by molar-refractivity contribution is 7.89. The summed E-state index contributed by atoms with van der Waals surface area (Å²) in [7, 11) is -0.702. The summed E-state index contributed by atoms with van der Waals surface area (Å²) in [5.41, 5.74) is 0.557. The first-order valence-corrected chi connectivity index (χ1v) is 9.21. The van der Waals surface area contributed by atoms with Crippen LogP contribution in [0.2, 0.25) is 0 Å². The normalized spacial score (nSPS) is 11.2. The van der Waals surface area contributed by atoms with E-state index in [4.69, 9.17) is 9.47 Å². The number of esters is 2. The van der Waals surface area contributed by atoms with Crippen molar-refractivity contribution in [2.45, 2.75) is 11.8 Å². The van der Waals surface area contributed by atoms with Crippen molar-refractivity contribution in [1.82, 2.24) is 4.31 Å². The second-order valence-corrected chi connectivity index (χ2v) is 7.60. The smallest absolute Gasteiger partial charge is 0.343 e. The molecule has 8 heteroatoms. The Kier molecular flexibility index (Phi) is 6.12. The van der Waals surface area contributed by atoms with Crippen molar-refractivity contribution in [3.05, 3.63) is 59.7 Å². The molecule has 0 saturated carbocycles. The van der Waals surface area contributed by atoms with Crippen molar-refractivity contribution in [3.8, 4) is 5.75 Å². The van der Waals surface area contributed by atoms with Gasteiger partial charge in [-0.25, -0.2) is 22.3 Å². The lowest BCUT2D eigenvalue weighted by molar-refractivity contribution is 0.0526. The van der Waals surface area contributed by atoms with Gasteiger partial charge in [0, 0.05) is 14.1 Å². The van der Waals surface area contributed by atoms with Gasteiger partial charge in [0.25, 0.3) is 0 Å². The Bertz CT molecular complexity index is 886. The minimum Gasteiger partial charge on any atom is -0.462 e. The van der Waals surface area contributed by atoms with Crippen LogP contribution in [-0.2, 0) is 14.8 Å². The largest absolute Gasteiger partial charge is 0.462 e. The van der Waals surface area contributed by atoms with Gasteiger partial charge in [-0.2, -0.15) is 0 Å². The summed E-state index contributed by atoms with van der Waals surface area (Å²) in [4.78, 5) is 23.8. The van der Waals surface area contributed by atoms with E-state index in [9.17, 15) is 18.0 Å². The highest BCUT2D eigenvalue weighted by atomic mass is 32.2. The third kappa shape index (κ3) is 4.47. The summed E-state index contributed by atoms with van der Waals surface area (Å²) < 4.78 is 35.2. The molecule has 2 rings (SSSR count). The molecule has 0 spiro atoms. The number of carbonyl (C=O) groups excluding carboxylic acids is 2. The first-order valence-electron chi connectivity index (χ1n) is 7.77. The molecule has 0 fully saturated rings. The topological polar surface area (TPSA) is 90.0 Å². The molecule has 0 saturated heterocycles. The zero-order valence-electron chi connectivity index (χ0n) is 14.6. The quantitative estimate of drug-likeness (QED) is 0.567. The van der Waals surface area contributed by atoms with Crippen LogP contribution in [-0.4, -0.2) is 45.4 Å². The summed E-state index contributed by atoms with van der Waals surface area (Å²) in [6, 6.07) is 11.4. The number of sulfonamides is 1. The maximum absolute atomic E-state index is 12.2. The molecule has 0 unspecified atom stereocenters. The average molecular weight is 377 g/mol. The molecular weight excluding hydrogens is 358 g/mol. The van der Waals surface area contributed by atoms with E-state index >= 15 is 0 Å². The monoisotopic (exact) mass is 377 g/mol. The molecular formula is C18H19NO6S. The Morgan fingerprint density at radius 2 is 1.38 bits per heavy atom. The fourth-order valence-electron chi connectivity index (χ4n) is 2.01. The summed E-state index contributed by atoms with van der Waals surface area (Å²) >= 11 is 0. The van der Waals surface area contributed by atoms with Gasteiger partial charge in [0.05, 0.1) is 22.6 Å². The molecule has 138 valence electrons. The molecule has 0 aliphatic heterocycles. The highest BCUT2D eigenvalue weighted by Crippen LogP contribution is 2.17. The number of benzene rings is 2. The molecule has 0 atom stereocenters. The fourth-order valence-corrected chi connectivity index (χ4v) is 2.91. The first-order chi connectivity index (χ1) is 12.3. The lowest BCUT2D eigenvalue weighted by atomic mass is 10.2. The van der Waals surface area contributed by atoms with Gasteiger partial charge in [-0.3, -0.25) is 0 Å². The predicted octanol–water partition coefficient (Wildman–Crippen LogP) is 2.33. The van der Waals surface area contributed by atoms with Crippen LogP contribution in [0.4, 0.5) is 0 Å². The van der Waals surface area contributed by atoms with Crippen molar-refractivity contribution >= 4 is 22.0 Å². The Balaban J connectivity index is 2.09. The van der Waals surface area contributed by atoms with E-state index in [-0.39, 0.29) is 22.8 Å². The first kappa shape index (κ1) is 19.6. The molecule has 26 heavy (non-hydrogen) atoms. The minimum atomic E-state index is -3.56. The molecule has 0 bridgehead atoms. The van der Waals surface area contributed by atoms with Gasteiger partial charge < -0.3 is 9.47 Å². The van der Waals surface area contributed by atoms with Gasteiger partial charge in [-0.05, 0) is 55.5 Å². The van der Waals surface area contributed by atoms with E-state index in [0.717, 1.165) is 4.31 Å². The van der Waals surface area contributed by atoms with Gasteiger partial charge >= 0.3 is 11.9 Å². The van der Waals surface area contributed by atoms with Gasteiger partial charge in [-0.1, -0.05) is 0 Å². The number of nitrogens with zero attached hydrogens (tertiary/aromatic N) is 1. The van der Waals surface area contributed by atoms with Gasteiger partial charge in [0.15, 0.2) is 0 Å². The lowest BCUT2D eigenvalue weighted by Crippen LogP contribution is -2.22. The Morgan fingerprint density at radius 1 is 0.885 bits per heavy atom. The fraction of sp³-hybridized carbons (Fsp3) is 0.222. The maximum atomic E-state index is 12.2. The van der Waals surface area contributed by atoms with E-state index in [0.29, 0.717) is 5.56 Å². The SMILES string of the molecule is CCOC(=O)c1ccc(OC(=O)c2ccc(S(=O)(=O)N(C)C)cc2)cc1. The highest BCUT2D eigenvalue weighted by Gasteiger charge is 2.18. The number of hydrogen-bond acceptors (Lipinski definition) is 6. The van der Waals surface area contributed by atoms with Crippen LogP contribution < -0.4 is 4.74 Å². The van der Waals surface area contributed by atoms with E-state index < -0.39 is 22.0 Å². The maximum Gasteiger partial charge on any atom is 0.343 e. The van der Waals surface area contributed by atoms with Gasteiger partial charge in [-0.15, -0.1) is 0 Å². The molecule has 7 nitrogen and oxygen atoms in total. The second-order valence-electron chi connectivity index (χ2n) is 5.45. The van der Waals surface area contributed by atoms with Crippen molar-refractivity contribution in [2.24, 2.45) is 0 Å². The number of ether oxygens (including phenoxy) is 2. The van der Waals surface area contributed by atoms with E-state index in [1.54, 1.807) is 6.92 Å². The second kappa shape index (κ2) is 8.11. The summed E-state index contributed by atoms with van der Waals surface area (Å²) in [6.07, 6.45) is 0. The van der Waals surface area contributed by atoms with Crippen LogP contribution >= 0.6 is 0 Å². The predicted molar refractivity (Wildman–Crippen MR) is 94.7 cm³/mol.